The molecule has 3 aromatic rings. The molecule has 0 aromatic heterocycles. The number of ether oxygens (including phenoxy) is 1. The second-order valence-corrected chi connectivity index (χ2v) is 9.04. The molecule has 1 saturated carbocycles. The van der Waals surface area contributed by atoms with E-state index >= 15 is 0 Å². The topological polar surface area (TPSA) is 26.3 Å². The zero-order valence-electron chi connectivity index (χ0n) is 19.1. The van der Waals surface area contributed by atoms with Crippen molar-refractivity contribution in [2.75, 3.05) is 0 Å². The molecule has 0 unspecified atom stereocenters. The van der Waals surface area contributed by atoms with Gasteiger partial charge in [0.1, 0.15) is 6.61 Å². The van der Waals surface area contributed by atoms with Crippen LogP contribution in [0.3, 0.4) is 0 Å². The van der Waals surface area contributed by atoms with Crippen LogP contribution < -0.4 is 0 Å². The van der Waals surface area contributed by atoms with Crippen LogP contribution in [0.2, 0.25) is 0 Å². The van der Waals surface area contributed by atoms with Gasteiger partial charge in [0.15, 0.2) is 0 Å². The largest absolute Gasteiger partial charge is 0.458 e. The van der Waals surface area contributed by atoms with E-state index in [0.717, 1.165) is 5.56 Å². The smallest absolute Gasteiger partial charge is 0.330 e. The molecule has 0 heterocycles. The highest BCUT2D eigenvalue weighted by molar-refractivity contribution is 5.81. The van der Waals surface area contributed by atoms with Crippen molar-refractivity contribution in [3.05, 3.63) is 107 Å². The molecule has 0 atom stereocenters. The first-order valence-electron chi connectivity index (χ1n) is 11.6. The number of carbonyl (C=O) groups excluding carboxylic acids is 1. The van der Waals surface area contributed by atoms with Crippen molar-refractivity contribution < 1.29 is 9.53 Å². The minimum Gasteiger partial charge on any atom is -0.458 e. The third kappa shape index (κ3) is 5.19. The van der Waals surface area contributed by atoms with Gasteiger partial charge in [0.25, 0.3) is 0 Å². The molecule has 0 bridgehead atoms. The van der Waals surface area contributed by atoms with Crippen LogP contribution in [0.4, 0.5) is 0 Å². The van der Waals surface area contributed by atoms with Crippen molar-refractivity contribution in [2.24, 2.45) is 0 Å². The lowest BCUT2D eigenvalue weighted by atomic mass is 9.75. The van der Waals surface area contributed by atoms with Gasteiger partial charge in [-0.15, -0.1) is 0 Å². The third-order valence-corrected chi connectivity index (χ3v) is 6.81. The maximum Gasteiger partial charge on any atom is 0.330 e. The third-order valence-electron chi connectivity index (χ3n) is 6.81. The van der Waals surface area contributed by atoms with E-state index in [9.17, 15) is 4.79 Å². The summed E-state index contributed by atoms with van der Waals surface area (Å²) in [6, 6.07) is 24.4. The van der Waals surface area contributed by atoms with Crippen LogP contribution in [-0.2, 0) is 16.1 Å². The number of carbonyl (C=O) groups is 1. The van der Waals surface area contributed by atoms with Crippen molar-refractivity contribution in [3.8, 4) is 11.1 Å². The second kappa shape index (κ2) is 9.99. The number of esters is 1. The number of hydrogen-bond donors (Lipinski definition) is 0. The Hall–Kier alpha value is -3.13. The van der Waals surface area contributed by atoms with Crippen molar-refractivity contribution >= 4 is 5.97 Å². The van der Waals surface area contributed by atoms with E-state index in [2.05, 4.69) is 87.2 Å². The summed E-state index contributed by atoms with van der Waals surface area (Å²) < 4.78 is 5.12. The first-order chi connectivity index (χ1) is 15.5. The Bertz CT molecular complexity index is 1070. The van der Waals surface area contributed by atoms with Gasteiger partial charge in [-0.3, -0.25) is 0 Å². The minimum atomic E-state index is -0.380. The molecule has 32 heavy (non-hydrogen) atoms. The average Bonchev–Trinajstić information content (AvgIpc) is 2.83. The molecule has 0 aliphatic heterocycles. The molecule has 0 saturated heterocycles. The van der Waals surface area contributed by atoms with Gasteiger partial charge in [-0.1, -0.05) is 78.9 Å². The SMILES string of the molecule is C=CC(=O)OCc1ccc(C2CCC(c3ccc(-c4ccc(C)cc4)c(C)c3)CC2)cc1. The highest BCUT2D eigenvalue weighted by Crippen LogP contribution is 2.41. The van der Waals surface area contributed by atoms with Crippen LogP contribution in [-0.4, -0.2) is 5.97 Å². The van der Waals surface area contributed by atoms with Gasteiger partial charge < -0.3 is 4.74 Å². The Morgan fingerprint density at radius 2 is 1.47 bits per heavy atom. The van der Waals surface area contributed by atoms with E-state index in [0.29, 0.717) is 18.4 Å². The molecule has 2 heteroatoms. The summed E-state index contributed by atoms with van der Waals surface area (Å²) in [7, 11) is 0. The van der Waals surface area contributed by atoms with Gasteiger partial charge in [-0.2, -0.15) is 0 Å². The van der Waals surface area contributed by atoms with E-state index in [1.165, 1.54) is 65.1 Å². The Kier molecular flexibility index (Phi) is 6.90. The van der Waals surface area contributed by atoms with Gasteiger partial charge in [0.2, 0.25) is 0 Å². The summed E-state index contributed by atoms with van der Waals surface area (Å²) >= 11 is 0. The van der Waals surface area contributed by atoms with Crippen LogP contribution in [0.15, 0.2) is 79.4 Å². The highest BCUT2D eigenvalue weighted by atomic mass is 16.5. The van der Waals surface area contributed by atoms with Crippen LogP contribution >= 0.6 is 0 Å². The molecule has 2 nitrogen and oxygen atoms in total. The molecule has 1 aliphatic rings. The van der Waals surface area contributed by atoms with Gasteiger partial charge in [0.05, 0.1) is 0 Å². The monoisotopic (exact) mass is 424 g/mol. The Balaban J connectivity index is 1.36. The summed E-state index contributed by atoms with van der Waals surface area (Å²) in [5.74, 6) is 0.882. The van der Waals surface area contributed by atoms with Crippen molar-refractivity contribution in [1.82, 2.24) is 0 Å². The summed E-state index contributed by atoms with van der Waals surface area (Å²) in [5, 5.41) is 0. The molecule has 0 radical (unpaired) electrons. The van der Waals surface area contributed by atoms with E-state index < -0.39 is 0 Å². The molecule has 1 fully saturated rings. The fourth-order valence-corrected chi connectivity index (χ4v) is 4.86. The van der Waals surface area contributed by atoms with Gasteiger partial charge in [-0.05, 0) is 84.7 Å². The van der Waals surface area contributed by atoms with Gasteiger partial charge in [-0.25, -0.2) is 4.79 Å². The van der Waals surface area contributed by atoms with Crippen LogP contribution in [0.5, 0.6) is 0 Å². The normalized spacial score (nSPS) is 18.2. The maximum atomic E-state index is 11.2. The van der Waals surface area contributed by atoms with Gasteiger partial charge >= 0.3 is 5.97 Å². The molecular formula is C30H32O2. The summed E-state index contributed by atoms with van der Waals surface area (Å²) in [4.78, 5) is 11.2. The zero-order chi connectivity index (χ0) is 22.5. The number of rotatable bonds is 6. The van der Waals surface area contributed by atoms with Crippen molar-refractivity contribution in [2.45, 2.75) is 58.0 Å². The zero-order valence-corrected chi connectivity index (χ0v) is 19.1. The molecular weight excluding hydrogens is 392 g/mol. The predicted molar refractivity (Wildman–Crippen MR) is 132 cm³/mol. The summed E-state index contributed by atoms with van der Waals surface area (Å²) in [6.45, 7) is 8.09. The fourth-order valence-electron chi connectivity index (χ4n) is 4.86. The molecule has 1 aliphatic carbocycles. The predicted octanol–water partition coefficient (Wildman–Crippen LogP) is 7.64. The molecule has 164 valence electrons. The van der Waals surface area contributed by atoms with E-state index in [-0.39, 0.29) is 5.97 Å². The standard InChI is InChI=1S/C30H32O2/c1-4-30(31)32-20-23-7-11-24(12-8-23)25-13-15-26(16-14-25)28-17-18-29(22(3)19-28)27-9-5-21(2)6-10-27/h4-12,17-19,25-26H,1,13-16,20H2,2-3H3. The Labute approximate surface area is 192 Å². The molecule has 4 rings (SSSR count). The quantitative estimate of drug-likeness (QED) is 0.300. The fraction of sp³-hybridized carbons (Fsp3) is 0.300. The molecule has 0 N–H and O–H groups in total. The Morgan fingerprint density at radius 1 is 0.875 bits per heavy atom. The molecule has 3 aromatic carbocycles. The maximum absolute atomic E-state index is 11.2. The van der Waals surface area contributed by atoms with Crippen molar-refractivity contribution in [1.29, 1.82) is 0 Å². The van der Waals surface area contributed by atoms with E-state index in [1.54, 1.807) is 0 Å². The highest BCUT2D eigenvalue weighted by Gasteiger charge is 2.24. The van der Waals surface area contributed by atoms with Crippen LogP contribution in [0.1, 0.15) is 65.3 Å². The van der Waals surface area contributed by atoms with Gasteiger partial charge in [0, 0.05) is 6.08 Å². The van der Waals surface area contributed by atoms with Crippen molar-refractivity contribution in [3.63, 3.8) is 0 Å². The second-order valence-electron chi connectivity index (χ2n) is 9.04. The number of hydrogen-bond acceptors (Lipinski definition) is 2. The van der Waals surface area contributed by atoms with Crippen LogP contribution in [0.25, 0.3) is 11.1 Å². The minimum absolute atomic E-state index is 0.301. The lowest BCUT2D eigenvalue weighted by Crippen LogP contribution is -2.12. The molecule has 0 spiro atoms. The molecule has 0 amide bonds. The lowest BCUT2D eigenvalue weighted by Gasteiger charge is -2.29. The average molecular weight is 425 g/mol. The first-order valence-corrected chi connectivity index (χ1v) is 11.6. The van der Waals surface area contributed by atoms with E-state index in [1.807, 2.05) is 0 Å². The number of benzene rings is 3. The number of aryl methyl sites for hydroxylation is 2. The lowest BCUT2D eigenvalue weighted by molar-refractivity contribution is -0.138. The van der Waals surface area contributed by atoms with E-state index in [4.69, 9.17) is 4.74 Å². The summed E-state index contributed by atoms with van der Waals surface area (Å²) in [6.07, 6.45) is 6.09. The summed E-state index contributed by atoms with van der Waals surface area (Å²) in [5.41, 5.74) is 9.19. The first kappa shape index (κ1) is 22.1. The van der Waals surface area contributed by atoms with Crippen LogP contribution in [0, 0.1) is 13.8 Å². The Morgan fingerprint density at radius 3 is 2.06 bits per heavy atom.